The number of pyridine rings is 1. The first kappa shape index (κ1) is 14.0. The minimum Gasteiger partial charge on any atom is -0.477 e. The standard InChI is InChI=1S/C12H16BrNO3/c1-3-5-11(12(15)16-4-2)17-10-6-9(13)7-14-8-10/h6-8,11H,3-5H2,1-2H3. The van der Waals surface area contributed by atoms with E-state index in [1.807, 2.05) is 6.92 Å². The number of carbonyl (C=O) groups is 1. The van der Waals surface area contributed by atoms with Gasteiger partial charge in [-0.1, -0.05) is 13.3 Å². The van der Waals surface area contributed by atoms with Gasteiger partial charge in [-0.2, -0.15) is 0 Å². The zero-order valence-corrected chi connectivity index (χ0v) is 11.6. The molecule has 0 radical (unpaired) electrons. The zero-order valence-electron chi connectivity index (χ0n) is 9.98. The predicted octanol–water partition coefficient (Wildman–Crippen LogP) is 2.95. The Bertz CT molecular complexity index is 371. The molecule has 0 aliphatic heterocycles. The lowest BCUT2D eigenvalue weighted by Crippen LogP contribution is -2.29. The van der Waals surface area contributed by atoms with E-state index in [0.29, 0.717) is 18.8 Å². The highest BCUT2D eigenvalue weighted by atomic mass is 79.9. The molecule has 4 nitrogen and oxygen atoms in total. The third-order valence-electron chi connectivity index (χ3n) is 2.06. The summed E-state index contributed by atoms with van der Waals surface area (Å²) in [4.78, 5) is 15.6. The minimum atomic E-state index is -0.559. The van der Waals surface area contributed by atoms with Gasteiger partial charge in [0.05, 0.1) is 12.8 Å². The summed E-state index contributed by atoms with van der Waals surface area (Å²) in [6.45, 7) is 4.13. The molecule has 0 saturated carbocycles. The lowest BCUT2D eigenvalue weighted by Gasteiger charge is -2.16. The molecule has 1 heterocycles. The molecule has 1 aromatic rings. The first-order valence-corrected chi connectivity index (χ1v) is 6.40. The van der Waals surface area contributed by atoms with Gasteiger partial charge in [0.25, 0.3) is 0 Å². The van der Waals surface area contributed by atoms with Crippen molar-refractivity contribution in [3.63, 3.8) is 0 Å². The summed E-state index contributed by atoms with van der Waals surface area (Å²) >= 11 is 3.30. The van der Waals surface area contributed by atoms with Crippen molar-refractivity contribution in [3.8, 4) is 5.75 Å². The van der Waals surface area contributed by atoms with E-state index in [1.54, 1.807) is 25.4 Å². The van der Waals surface area contributed by atoms with Crippen molar-refractivity contribution in [2.75, 3.05) is 6.61 Å². The molecule has 1 unspecified atom stereocenters. The molecule has 94 valence electrons. The average molecular weight is 302 g/mol. The van der Waals surface area contributed by atoms with Crippen LogP contribution < -0.4 is 4.74 Å². The molecule has 1 aromatic heterocycles. The van der Waals surface area contributed by atoms with Crippen LogP contribution in [0, 0.1) is 0 Å². The van der Waals surface area contributed by atoms with Crippen molar-refractivity contribution in [1.82, 2.24) is 4.98 Å². The lowest BCUT2D eigenvalue weighted by molar-refractivity contribution is -0.151. The molecule has 5 heteroatoms. The third-order valence-corrected chi connectivity index (χ3v) is 2.49. The Morgan fingerprint density at radius 1 is 1.47 bits per heavy atom. The number of hydrogen-bond acceptors (Lipinski definition) is 4. The van der Waals surface area contributed by atoms with Gasteiger partial charge >= 0.3 is 5.97 Å². The highest BCUT2D eigenvalue weighted by Gasteiger charge is 2.20. The van der Waals surface area contributed by atoms with Gasteiger partial charge in [0.2, 0.25) is 0 Å². The molecule has 0 fully saturated rings. The molecule has 0 aliphatic carbocycles. The Labute approximate surface area is 109 Å². The van der Waals surface area contributed by atoms with E-state index in [0.717, 1.165) is 10.9 Å². The number of ether oxygens (including phenoxy) is 2. The van der Waals surface area contributed by atoms with E-state index < -0.39 is 6.10 Å². The minimum absolute atomic E-state index is 0.325. The van der Waals surface area contributed by atoms with Crippen molar-refractivity contribution in [3.05, 3.63) is 22.9 Å². The van der Waals surface area contributed by atoms with Crippen LogP contribution in [0.25, 0.3) is 0 Å². The van der Waals surface area contributed by atoms with Crippen molar-refractivity contribution >= 4 is 21.9 Å². The predicted molar refractivity (Wildman–Crippen MR) is 67.9 cm³/mol. The van der Waals surface area contributed by atoms with Gasteiger partial charge in [0, 0.05) is 10.7 Å². The first-order chi connectivity index (χ1) is 8.17. The third kappa shape index (κ3) is 4.73. The van der Waals surface area contributed by atoms with Gasteiger partial charge in [-0.15, -0.1) is 0 Å². The highest BCUT2D eigenvalue weighted by Crippen LogP contribution is 2.18. The Kier molecular flexibility index (Phi) is 5.97. The van der Waals surface area contributed by atoms with Crippen LogP contribution in [0.15, 0.2) is 22.9 Å². The van der Waals surface area contributed by atoms with Crippen LogP contribution in [0.2, 0.25) is 0 Å². The molecule has 0 saturated heterocycles. The quantitative estimate of drug-likeness (QED) is 0.758. The molecular formula is C12H16BrNO3. The zero-order chi connectivity index (χ0) is 12.7. The van der Waals surface area contributed by atoms with Crippen LogP contribution >= 0.6 is 15.9 Å². The van der Waals surface area contributed by atoms with Gasteiger partial charge in [-0.05, 0) is 35.3 Å². The molecule has 0 aromatic carbocycles. The first-order valence-electron chi connectivity index (χ1n) is 5.61. The normalized spacial score (nSPS) is 11.9. The summed E-state index contributed by atoms with van der Waals surface area (Å²) in [7, 11) is 0. The van der Waals surface area contributed by atoms with Gasteiger partial charge in [0.1, 0.15) is 5.75 Å². The van der Waals surface area contributed by atoms with Crippen LogP contribution in [0.4, 0.5) is 0 Å². The van der Waals surface area contributed by atoms with Crippen LogP contribution in [-0.2, 0) is 9.53 Å². The molecule has 0 amide bonds. The molecule has 0 N–H and O–H groups in total. The largest absolute Gasteiger partial charge is 0.477 e. The van der Waals surface area contributed by atoms with E-state index in [1.165, 1.54) is 0 Å². The van der Waals surface area contributed by atoms with E-state index in [4.69, 9.17) is 9.47 Å². The number of aromatic nitrogens is 1. The second-order valence-corrected chi connectivity index (χ2v) is 4.40. The molecular weight excluding hydrogens is 286 g/mol. The van der Waals surface area contributed by atoms with E-state index in [2.05, 4.69) is 20.9 Å². The maximum Gasteiger partial charge on any atom is 0.347 e. The average Bonchev–Trinajstić information content (AvgIpc) is 2.29. The number of carbonyl (C=O) groups excluding carboxylic acids is 1. The van der Waals surface area contributed by atoms with Crippen LogP contribution in [0.3, 0.4) is 0 Å². The van der Waals surface area contributed by atoms with Gasteiger partial charge in [-0.25, -0.2) is 4.79 Å². The molecule has 0 bridgehead atoms. The van der Waals surface area contributed by atoms with Crippen molar-refractivity contribution in [2.24, 2.45) is 0 Å². The smallest absolute Gasteiger partial charge is 0.347 e. The van der Waals surface area contributed by atoms with E-state index in [9.17, 15) is 4.79 Å². The molecule has 1 rings (SSSR count). The summed E-state index contributed by atoms with van der Waals surface area (Å²) in [6.07, 6.45) is 4.16. The highest BCUT2D eigenvalue weighted by molar-refractivity contribution is 9.10. The monoisotopic (exact) mass is 301 g/mol. The molecule has 1 atom stereocenters. The summed E-state index contributed by atoms with van der Waals surface area (Å²) in [5, 5.41) is 0. The lowest BCUT2D eigenvalue weighted by atomic mass is 10.2. The molecule has 17 heavy (non-hydrogen) atoms. The maximum atomic E-state index is 11.6. The Hall–Kier alpha value is -1.10. The number of halogens is 1. The maximum absolute atomic E-state index is 11.6. The number of nitrogens with zero attached hydrogens (tertiary/aromatic N) is 1. The van der Waals surface area contributed by atoms with Gasteiger partial charge in [-0.3, -0.25) is 4.98 Å². The SMILES string of the molecule is CCCC(Oc1cncc(Br)c1)C(=O)OCC. The van der Waals surface area contributed by atoms with Gasteiger partial charge < -0.3 is 9.47 Å². The number of esters is 1. The summed E-state index contributed by atoms with van der Waals surface area (Å²) in [5.74, 6) is 0.236. The fourth-order valence-electron chi connectivity index (χ4n) is 1.34. The van der Waals surface area contributed by atoms with Crippen LogP contribution in [0.1, 0.15) is 26.7 Å². The fourth-order valence-corrected chi connectivity index (χ4v) is 1.69. The Balaban J connectivity index is 2.69. The Morgan fingerprint density at radius 3 is 2.82 bits per heavy atom. The van der Waals surface area contributed by atoms with E-state index >= 15 is 0 Å². The number of hydrogen-bond donors (Lipinski definition) is 0. The molecule has 0 aliphatic rings. The van der Waals surface area contributed by atoms with Crippen molar-refractivity contribution in [2.45, 2.75) is 32.8 Å². The Morgan fingerprint density at radius 2 is 2.24 bits per heavy atom. The summed E-state index contributed by atoms with van der Waals surface area (Å²) < 4.78 is 11.4. The summed E-state index contributed by atoms with van der Waals surface area (Å²) in [5.41, 5.74) is 0. The van der Waals surface area contributed by atoms with Crippen LogP contribution in [0.5, 0.6) is 5.75 Å². The topological polar surface area (TPSA) is 48.4 Å². The number of rotatable bonds is 6. The second kappa shape index (κ2) is 7.27. The molecule has 0 spiro atoms. The van der Waals surface area contributed by atoms with Crippen LogP contribution in [-0.4, -0.2) is 23.7 Å². The fraction of sp³-hybridized carbons (Fsp3) is 0.500. The van der Waals surface area contributed by atoms with Crippen molar-refractivity contribution in [1.29, 1.82) is 0 Å². The van der Waals surface area contributed by atoms with E-state index in [-0.39, 0.29) is 5.97 Å². The van der Waals surface area contributed by atoms with Crippen molar-refractivity contribution < 1.29 is 14.3 Å². The van der Waals surface area contributed by atoms with Gasteiger partial charge in [0.15, 0.2) is 6.10 Å². The summed E-state index contributed by atoms with van der Waals surface area (Å²) in [6, 6.07) is 1.77. The second-order valence-electron chi connectivity index (χ2n) is 3.49.